The monoisotopic (exact) mass is 518 g/mol. The van der Waals surface area contributed by atoms with Gasteiger partial charge in [-0.15, -0.1) is 6.58 Å². The van der Waals surface area contributed by atoms with E-state index in [-0.39, 0.29) is 16.9 Å². The van der Waals surface area contributed by atoms with Crippen LogP contribution in [0, 0.1) is 17.5 Å². The molecule has 0 spiro atoms. The SMILES string of the molecule is C=CCCOc1ccc(-c2ccc(C(=O)Oc3ccc(-c4ccc(C(C)O)cc4)c(F)c3F)cc2)cc1F. The van der Waals surface area contributed by atoms with Gasteiger partial charge in [0.05, 0.1) is 18.3 Å². The van der Waals surface area contributed by atoms with Crippen LogP contribution < -0.4 is 9.47 Å². The molecule has 1 N–H and O–H groups in total. The Kier molecular flexibility index (Phi) is 8.28. The molecule has 0 aliphatic carbocycles. The van der Waals surface area contributed by atoms with Gasteiger partial charge in [-0.05, 0) is 72.0 Å². The Hall–Kier alpha value is -4.36. The number of carbonyl (C=O) groups is 1. The second-order valence-electron chi connectivity index (χ2n) is 8.58. The van der Waals surface area contributed by atoms with Crippen LogP contribution in [0.3, 0.4) is 0 Å². The van der Waals surface area contributed by atoms with Crippen LogP contribution >= 0.6 is 0 Å². The zero-order valence-corrected chi connectivity index (χ0v) is 20.6. The maximum absolute atomic E-state index is 14.8. The molecule has 4 nitrogen and oxygen atoms in total. The minimum Gasteiger partial charge on any atom is -0.490 e. The highest BCUT2D eigenvalue weighted by atomic mass is 19.2. The molecule has 1 atom stereocenters. The molecule has 0 amide bonds. The summed E-state index contributed by atoms with van der Waals surface area (Å²) in [7, 11) is 0. The lowest BCUT2D eigenvalue weighted by atomic mass is 10.0. The average molecular weight is 519 g/mol. The summed E-state index contributed by atoms with van der Waals surface area (Å²) in [6, 6.07) is 19.5. The first-order valence-corrected chi connectivity index (χ1v) is 11.9. The van der Waals surface area contributed by atoms with Gasteiger partial charge in [-0.2, -0.15) is 4.39 Å². The van der Waals surface area contributed by atoms with E-state index in [1.807, 2.05) is 0 Å². The second kappa shape index (κ2) is 11.8. The molecule has 4 rings (SSSR count). The summed E-state index contributed by atoms with van der Waals surface area (Å²) in [6.45, 7) is 5.51. The Balaban J connectivity index is 1.47. The molecule has 0 saturated carbocycles. The third kappa shape index (κ3) is 5.95. The molecule has 0 aromatic heterocycles. The van der Waals surface area contributed by atoms with E-state index in [2.05, 4.69) is 6.58 Å². The van der Waals surface area contributed by atoms with E-state index in [0.29, 0.717) is 35.3 Å². The molecule has 0 aliphatic heterocycles. The molecule has 0 saturated heterocycles. The van der Waals surface area contributed by atoms with E-state index in [4.69, 9.17) is 9.47 Å². The average Bonchev–Trinajstić information content (AvgIpc) is 2.92. The largest absolute Gasteiger partial charge is 0.490 e. The van der Waals surface area contributed by atoms with Crippen LogP contribution in [0.25, 0.3) is 22.3 Å². The number of rotatable bonds is 9. The zero-order chi connectivity index (χ0) is 27.2. The van der Waals surface area contributed by atoms with Gasteiger partial charge in [0, 0.05) is 5.56 Å². The summed E-state index contributed by atoms with van der Waals surface area (Å²) in [5.41, 5.74) is 2.36. The van der Waals surface area contributed by atoms with E-state index in [1.54, 1.807) is 55.5 Å². The van der Waals surface area contributed by atoms with E-state index >= 15 is 0 Å². The van der Waals surface area contributed by atoms with Crippen molar-refractivity contribution in [2.24, 2.45) is 0 Å². The molecule has 4 aromatic rings. The summed E-state index contributed by atoms with van der Waals surface area (Å²) in [6.07, 6.45) is 1.59. The van der Waals surface area contributed by atoms with Gasteiger partial charge in [0.15, 0.2) is 23.1 Å². The van der Waals surface area contributed by atoms with Crippen LogP contribution in [0.1, 0.15) is 35.4 Å². The van der Waals surface area contributed by atoms with Gasteiger partial charge < -0.3 is 14.6 Å². The minimum atomic E-state index is -1.29. The first-order valence-electron chi connectivity index (χ1n) is 11.9. The number of aliphatic hydroxyl groups excluding tert-OH is 1. The van der Waals surface area contributed by atoms with Gasteiger partial charge in [0.1, 0.15) is 0 Å². The zero-order valence-electron chi connectivity index (χ0n) is 20.6. The van der Waals surface area contributed by atoms with Gasteiger partial charge in [-0.1, -0.05) is 48.5 Å². The van der Waals surface area contributed by atoms with Crippen LogP contribution in [0.4, 0.5) is 13.2 Å². The Bertz CT molecular complexity index is 1450. The van der Waals surface area contributed by atoms with E-state index in [0.717, 1.165) is 0 Å². The molecule has 4 aromatic carbocycles. The van der Waals surface area contributed by atoms with Gasteiger partial charge in [-0.3, -0.25) is 0 Å². The molecule has 38 heavy (non-hydrogen) atoms. The summed E-state index contributed by atoms with van der Waals surface area (Å²) in [4.78, 5) is 12.6. The molecule has 0 bridgehead atoms. The number of hydrogen-bond acceptors (Lipinski definition) is 4. The maximum atomic E-state index is 14.8. The highest BCUT2D eigenvalue weighted by Crippen LogP contribution is 2.31. The topological polar surface area (TPSA) is 55.8 Å². The van der Waals surface area contributed by atoms with Crippen molar-refractivity contribution in [1.29, 1.82) is 0 Å². The summed E-state index contributed by atoms with van der Waals surface area (Å²) >= 11 is 0. The van der Waals surface area contributed by atoms with Crippen molar-refractivity contribution in [3.8, 4) is 33.8 Å². The predicted octanol–water partition coefficient (Wildman–Crippen LogP) is 7.67. The Morgan fingerprint density at radius 2 is 1.50 bits per heavy atom. The van der Waals surface area contributed by atoms with Crippen molar-refractivity contribution in [3.63, 3.8) is 0 Å². The number of ether oxygens (including phenoxy) is 2. The summed E-state index contributed by atoms with van der Waals surface area (Å²) < 4.78 is 54.4. The minimum absolute atomic E-state index is 0.00634. The van der Waals surface area contributed by atoms with Crippen LogP contribution in [0.5, 0.6) is 11.5 Å². The van der Waals surface area contributed by atoms with Crippen molar-refractivity contribution in [2.75, 3.05) is 6.61 Å². The first kappa shape index (κ1) is 26.7. The van der Waals surface area contributed by atoms with E-state index in [9.17, 15) is 23.1 Å². The standard InChI is InChI=1S/C31H25F3O4/c1-3-4-17-37-27-15-13-24(18-26(27)32)21-7-11-23(12-8-21)31(36)38-28-16-14-25(29(33)30(28)34)22-9-5-20(6-10-22)19(2)35/h3,5-16,18-19,35H,1,4,17H2,2H3. The van der Waals surface area contributed by atoms with Crippen LogP contribution in [-0.4, -0.2) is 17.7 Å². The lowest BCUT2D eigenvalue weighted by Gasteiger charge is -2.11. The Morgan fingerprint density at radius 3 is 2.13 bits per heavy atom. The molecule has 1 unspecified atom stereocenters. The fourth-order valence-corrected chi connectivity index (χ4v) is 3.78. The third-order valence-electron chi connectivity index (χ3n) is 5.92. The van der Waals surface area contributed by atoms with Gasteiger partial charge in [-0.25, -0.2) is 13.6 Å². The van der Waals surface area contributed by atoms with Crippen LogP contribution in [0.2, 0.25) is 0 Å². The van der Waals surface area contributed by atoms with Crippen molar-refractivity contribution >= 4 is 5.97 Å². The first-order chi connectivity index (χ1) is 18.3. The number of aliphatic hydroxyl groups is 1. The molecule has 0 aliphatic rings. The van der Waals surface area contributed by atoms with Gasteiger partial charge in [0.2, 0.25) is 5.82 Å². The highest BCUT2D eigenvalue weighted by Gasteiger charge is 2.19. The molecular weight excluding hydrogens is 493 g/mol. The molecule has 7 heteroatoms. The van der Waals surface area contributed by atoms with E-state index < -0.39 is 35.3 Å². The second-order valence-corrected chi connectivity index (χ2v) is 8.58. The molecule has 194 valence electrons. The number of halogens is 3. The number of hydrogen-bond donors (Lipinski definition) is 1. The van der Waals surface area contributed by atoms with Crippen molar-refractivity contribution in [3.05, 3.63) is 120 Å². The Morgan fingerprint density at radius 1 is 0.868 bits per heavy atom. The summed E-state index contributed by atoms with van der Waals surface area (Å²) in [5, 5.41) is 9.62. The molecular formula is C31H25F3O4. The van der Waals surface area contributed by atoms with Crippen molar-refractivity contribution in [1.82, 2.24) is 0 Å². The van der Waals surface area contributed by atoms with E-state index in [1.165, 1.54) is 36.4 Å². The quantitative estimate of drug-likeness (QED) is 0.107. The van der Waals surface area contributed by atoms with Gasteiger partial charge >= 0.3 is 5.97 Å². The molecule has 0 radical (unpaired) electrons. The number of carbonyl (C=O) groups excluding carboxylic acids is 1. The molecule has 0 heterocycles. The fourth-order valence-electron chi connectivity index (χ4n) is 3.78. The number of esters is 1. The van der Waals surface area contributed by atoms with Crippen LogP contribution in [0.15, 0.2) is 91.5 Å². The van der Waals surface area contributed by atoms with Crippen molar-refractivity contribution in [2.45, 2.75) is 19.4 Å². The highest BCUT2D eigenvalue weighted by molar-refractivity contribution is 5.91. The van der Waals surface area contributed by atoms with Crippen LogP contribution in [-0.2, 0) is 0 Å². The Labute approximate surface area is 218 Å². The normalized spacial score (nSPS) is 11.6. The van der Waals surface area contributed by atoms with Crippen molar-refractivity contribution < 1.29 is 32.5 Å². The number of benzene rings is 4. The third-order valence-corrected chi connectivity index (χ3v) is 5.92. The fraction of sp³-hybridized carbons (Fsp3) is 0.129. The summed E-state index contributed by atoms with van der Waals surface area (Å²) in [5.74, 6) is -4.26. The maximum Gasteiger partial charge on any atom is 0.343 e. The lowest BCUT2D eigenvalue weighted by molar-refractivity contribution is 0.0726. The smallest absolute Gasteiger partial charge is 0.343 e. The van der Waals surface area contributed by atoms with Gasteiger partial charge in [0.25, 0.3) is 0 Å². The predicted molar refractivity (Wildman–Crippen MR) is 140 cm³/mol. The molecule has 0 fully saturated rings. The lowest BCUT2D eigenvalue weighted by Crippen LogP contribution is -2.10.